The number of amides is 2. The number of hydrogen-bond acceptors (Lipinski definition) is 6. The number of nitrogens with zero attached hydrogens (tertiary/aromatic N) is 1. The van der Waals surface area contributed by atoms with Crippen LogP contribution >= 0.6 is 0 Å². The smallest absolute Gasteiger partial charge is 0.267 e. The quantitative estimate of drug-likeness (QED) is 0.773. The first-order valence-corrected chi connectivity index (χ1v) is 10.4. The van der Waals surface area contributed by atoms with E-state index in [4.69, 9.17) is 9.47 Å². The van der Waals surface area contributed by atoms with Crippen LogP contribution in [0.4, 0.5) is 5.69 Å². The van der Waals surface area contributed by atoms with Crippen molar-refractivity contribution in [1.82, 2.24) is 4.31 Å². The molecule has 1 saturated heterocycles. The molecule has 154 valence electrons. The van der Waals surface area contributed by atoms with Gasteiger partial charge in [0.1, 0.15) is 17.5 Å². The summed E-state index contributed by atoms with van der Waals surface area (Å²) in [6, 6.07) is 9.82. The molecule has 2 aromatic rings. The van der Waals surface area contributed by atoms with Crippen molar-refractivity contribution in [1.29, 1.82) is 0 Å². The Morgan fingerprint density at radius 3 is 2.38 bits per heavy atom. The highest BCUT2D eigenvalue weighted by molar-refractivity contribution is 7.89. The standard InChI is InChI=1S/C20H22N2O6S/c1-13-12-16(8-10-18(13)28-3)29(25,26)22-17(9-11-19(22)23)20(24)21-14-4-6-15(27-2)7-5-14/h4-8,10,12,17H,9,11H2,1-3H3,(H,21,24)/t17-/m1/s1. The third-order valence-corrected chi connectivity index (χ3v) is 6.57. The fourth-order valence-electron chi connectivity index (χ4n) is 3.23. The zero-order valence-corrected chi connectivity index (χ0v) is 17.2. The highest BCUT2D eigenvalue weighted by Gasteiger charge is 2.44. The summed E-state index contributed by atoms with van der Waals surface area (Å²) in [4.78, 5) is 25.1. The lowest BCUT2D eigenvalue weighted by atomic mass is 10.2. The Balaban J connectivity index is 1.87. The van der Waals surface area contributed by atoms with E-state index < -0.39 is 27.9 Å². The normalized spacial score (nSPS) is 16.6. The fourth-order valence-corrected chi connectivity index (χ4v) is 4.91. The minimum absolute atomic E-state index is 0.0188. The van der Waals surface area contributed by atoms with Crippen LogP contribution in [0.5, 0.6) is 11.5 Å². The van der Waals surface area contributed by atoms with Gasteiger partial charge in [-0.1, -0.05) is 0 Å². The van der Waals surface area contributed by atoms with Crippen LogP contribution in [0.1, 0.15) is 18.4 Å². The maximum atomic E-state index is 13.1. The van der Waals surface area contributed by atoms with Gasteiger partial charge in [0.25, 0.3) is 10.0 Å². The van der Waals surface area contributed by atoms with Crippen LogP contribution in [-0.2, 0) is 19.6 Å². The van der Waals surface area contributed by atoms with Crippen LogP contribution in [0, 0.1) is 6.92 Å². The summed E-state index contributed by atoms with van der Waals surface area (Å²) in [6.07, 6.45) is 0.101. The SMILES string of the molecule is COc1ccc(NC(=O)[C@H]2CCC(=O)N2S(=O)(=O)c2ccc(OC)c(C)c2)cc1. The number of sulfonamides is 1. The molecular weight excluding hydrogens is 396 g/mol. The number of rotatable bonds is 6. The van der Waals surface area contributed by atoms with Crippen LogP contribution < -0.4 is 14.8 Å². The maximum absolute atomic E-state index is 13.1. The van der Waals surface area contributed by atoms with Crippen molar-refractivity contribution in [2.45, 2.75) is 30.7 Å². The van der Waals surface area contributed by atoms with Gasteiger partial charge in [-0.15, -0.1) is 0 Å². The third kappa shape index (κ3) is 4.04. The van der Waals surface area contributed by atoms with Crippen molar-refractivity contribution < 1.29 is 27.5 Å². The van der Waals surface area contributed by atoms with Crippen LogP contribution in [0.3, 0.4) is 0 Å². The van der Waals surface area contributed by atoms with Crippen molar-refractivity contribution in [3.8, 4) is 11.5 Å². The molecule has 2 aromatic carbocycles. The molecule has 9 heteroatoms. The van der Waals surface area contributed by atoms with E-state index in [1.165, 1.54) is 32.4 Å². The molecule has 0 unspecified atom stereocenters. The second-order valence-electron chi connectivity index (χ2n) is 6.60. The van der Waals surface area contributed by atoms with Gasteiger partial charge in [-0.05, 0) is 61.4 Å². The van der Waals surface area contributed by atoms with Crippen LogP contribution in [0.15, 0.2) is 47.4 Å². The minimum atomic E-state index is -4.19. The molecule has 1 fully saturated rings. The van der Waals surface area contributed by atoms with E-state index in [0.717, 1.165) is 0 Å². The lowest BCUT2D eigenvalue weighted by molar-refractivity contribution is -0.128. The number of ether oxygens (including phenoxy) is 2. The Kier molecular flexibility index (Phi) is 5.78. The molecule has 0 aliphatic carbocycles. The Hall–Kier alpha value is -3.07. The number of carbonyl (C=O) groups excluding carboxylic acids is 2. The van der Waals surface area contributed by atoms with Gasteiger partial charge in [-0.3, -0.25) is 9.59 Å². The summed E-state index contributed by atoms with van der Waals surface area (Å²) in [5, 5.41) is 2.67. The summed E-state index contributed by atoms with van der Waals surface area (Å²) in [5.74, 6) is -0.00759. The van der Waals surface area contributed by atoms with Crippen molar-refractivity contribution in [3.05, 3.63) is 48.0 Å². The van der Waals surface area contributed by atoms with E-state index in [9.17, 15) is 18.0 Å². The Labute approximate surface area is 169 Å². The van der Waals surface area contributed by atoms with E-state index in [-0.39, 0.29) is 17.7 Å². The van der Waals surface area contributed by atoms with Gasteiger partial charge >= 0.3 is 0 Å². The van der Waals surface area contributed by atoms with Crippen LogP contribution in [0.2, 0.25) is 0 Å². The first kappa shape index (κ1) is 20.7. The molecule has 0 spiro atoms. The number of carbonyl (C=O) groups is 2. The average molecular weight is 418 g/mol. The van der Waals surface area contributed by atoms with E-state index >= 15 is 0 Å². The summed E-state index contributed by atoms with van der Waals surface area (Å²) in [6.45, 7) is 1.71. The first-order chi connectivity index (χ1) is 13.8. The lowest BCUT2D eigenvalue weighted by Crippen LogP contribution is -2.45. The van der Waals surface area contributed by atoms with Crippen LogP contribution in [-0.4, -0.2) is 44.8 Å². The van der Waals surface area contributed by atoms with Crippen molar-refractivity contribution in [2.24, 2.45) is 0 Å². The molecule has 1 atom stereocenters. The molecule has 3 rings (SSSR count). The minimum Gasteiger partial charge on any atom is -0.497 e. The zero-order valence-electron chi connectivity index (χ0n) is 16.3. The van der Waals surface area contributed by atoms with Crippen molar-refractivity contribution in [2.75, 3.05) is 19.5 Å². The van der Waals surface area contributed by atoms with E-state index in [1.54, 1.807) is 31.2 Å². The second-order valence-corrected chi connectivity index (χ2v) is 8.41. The van der Waals surface area contributed by atoms with Crippen molar-refractivity contribution >= 4 is 27.5 Å². The summed E-state index contributed by atoms with van der Waals surface area (Å²) < 4.78 is 37.1. The van der Waals surface area contributed by atoms with Gasteiger partial charge in [0.15, 0.2) is 0 Å². The van der Waals surface area contributed by atoms with Crippen LogP contribution in [0.25, 0.3) is 0 Å². The molecule has 0 saturated carbocycles. The number of hydrogen-bond donors (Lipinski definition) is 1. The van der Waals surface area contributed by atoms with Crippen molar-refractivity contribution in [3.63, 3.8) is 0 Å². The number of anilines is 1. The Bertz CT molecular complexity index is 1030. The molecule has 1 heterocycles. The highest BCUT2D eigenvalue weighted by Crippen LogP contribution is 2.30. The summed E-state index contributed by atoms with van der Waals surface area (Å²) >= 11 is 0. The van der Waals surface area contributed by atoms with E-state index in [1.807, 2.05) is 0 Å². The molecule has 0 aromatic heterocycles. The van der Waals surface area contributed by atoms with Gasteiger partial charge in [0, 0.05) is 12.1 Å². The van der Waals surface area contributed by atoms with E-state index in [2.05, 4.69) is 5.32 Å². The van der Waals surface area contributed by atoms with E-state index in [0.29, 0.717) is 27.1 Å². The first-order valence-electron chi connectivity index (χ1n) is 8.94. The third-order valence-electron chi connectivity index (χ3n) is 4.74. The fraction of sp³-hybridized carbons (Fsp3) is 0.300. The topological polar surface area (TPSA) is 102 Å². The number of benzene rings is 2. The van der Waals surface area contributed by atoms with Gasteiger partial charge in [0.2, 0.25) is 11.8 Å². The molecule has 1 aliphatic heterocycles. The second kappa shape index (κ2) is 8.12. The number of aryl methyl sites for hydroxylation is 1. The molecule has 2 amide bonds. The lowest BCUT2D eigenvalue weighted by Gasteiger charge is -2.24. The monoisotopic (exact) mass is 418 g/mol. The predicted molar refractivity (Wildman–Crippen MR) is 106 cm³/mol. The largest absolute Gasteiger partial charge is 0.497 e. The van der Waals surface area contributed by atoms with Gasteiger partial charge in [0.05, 0.1) is 19.1 Å². The van der Waals surface area contributed by atoms with Gasteiger partial charge < -0.3 is 14.8 Å². The molecular formula is C20H22N2O6S. The number of methoxy groups -OCH3 is 2. The molecule has 0 bridgehead atoms. The molecule has 0 radical (unpaired) electrons. The molecule has 1 aliphatic rings. The Morgan fingerprint density at radius 2 is 1.79 bits per heavy atom. The van der Waals surface area contributed by atoms with Gasteiger partial charge in [-0.2, -0.15) is 0 Å². The average Bonchev–Trinajstić information content (AvgIpc) is 3.11. The molecule has 1 N–H and O–H groups in total. The Morgan fingerprint density at radius 1 is 1.10 bits per heavy atom. The maximum Gasteiger partial charge on any atom is 0.267 e. The number of nitrogens with one attached hydrogen (secondary N) is 1. The summed E-state index contributed by atoms with van der Waals surface area (Å²) in [7, 11) is -1.17. The zero-order chi connectivity index (χ0) is 21.2. The molecule has 8 nitrogen and oxygen atoms in total. The predicted octanol–water partition coefficient (Wildman–Crippen LogP) is 2.33. The summed E-state index contributed by atoms with van der Waals surface area (Å²) in [5.41, 5.74) is 1.09. The molecule has 29 heavy (non-hydrogen) atoms. The van der Waals surface area contributed by atoms with Gasteiger partial charge in [-0.25, -0.2) is 12.7 Å². The highest BCUT2D eigenvalue weighted by atomic mass is 32.2.